The third-order valence-corrected chi connectivity index (χ3v) is 2.64. The highest BCUT2D eigenvalue weighted by atomic mass is 16.3. The van der Waals surface area contributed by atoms with Crippen LogP contribution in [0.25, 0.3) is 0 Å². The molecule has 0 aliphatic heterocycles. The molecule has 16 heavy (non-hydrogen) atoms. The van der Waals surface area contributed by atoms with Crippen molar-refractivity contribution in [1.29, 1.82) is 0 Å². The molecule has 2 rings (SSSR count). The van der Waals surface area contributed by atoms with Gasteiger partial charge in [-0.1, -0.05) is 0 Å². The molecule has 0 spiro atoms. The first-order chi connectivity index (χ1) is 7.69. The maximum Gasteiger partial charge on any atom is 0.145 e. The van der Waals surface area contributed by atoms with Crippen LogP contribution in [0.4, 0.5) is 11.6 Å². The molecule has 6 nitrogen and oxygen atoms in total. The topological polar surface area (TPSA) is 96.1 Å². The average Bonchev–Trinajstić information content (AvgIpc) is 3.08. The Morgan fingerprint density at radius 3 is 2.81 bits per heavy atom. The standard InChI is InChI=1S/C10H17N5O/c1-6-13-9(4-10(14-6)15-11)12-5-8(16)7-2-3-7/h4,7-8,16H,2-3,5,11H2,1H3,(H2,12,13,14,15). The fourth-order valence-electron chi connectivity index (χ4n) is 1.59. The van der Waals surface area contributed by atoms with E-state index in [1.165, 1.54) is 0 Å². The first-order valence-electron chi connectivity index (χ1n) is 5.43. The zero-order valence-electron chi connectivity index (χ0n) is 9.27. The quantitative estimate of drug-likeness (QED) is 0.422. The van der Waals surface area contributed by atoms with Crippen LogP contribution in [0, 0.1) is 12.8 Å². The van der Waals surface area contributed by atoms with Crippen LogP contribution >= 0.6 is 0 Å². The lowest BCUT2D eigenvalue weighted by molar-refractivity contribution is 0.164. The number of aliphatic hydroxyl groups is 1. The largest absolute Gasteiger partial charge is 0.391 e. The van der Waals surface area contributed by atoms with E-state index in [4.69, 9.17) is 5.84 Å². The number of rotatable bonds is 5. The van der Waals surface area contributed by atoms with Crippen LogP contribution in [-0.4, -0.2) is 27.7 Å². The number of hydrogen-bond donors (Lipinski definition) is 4. The number of nitrogen functional groups attached to an aromatic ring is 1. The van der Waals surface area contributed by atoms with Crippen molar-refractivity contribution in [1.82, 2.24) is 9.97 Å². The molecule has 1 saturated carbocycles. The highest BCUT2D eigenvalue weighted by Gasteiger charge is 2.29. The van der Waals surface area contributed by atoms with Gasteiger partial charge in [0, 0.05) is 12.6 Å². The molecule has 1 aromatic rings. The van der Waals surface area contributed by atoms with Crippen LogP contribution in [0.2, 0.25) is 0 Å². The molecular formula is C10H17N5O. The SMILES string of the molecule is Cc1nc(NN)cc(NCC(O)C2CC2)n1. The molecule has 1 fully saturated rings. The van der Waals surface area contributed by atoms with Crippen molar-refractivity contribution in [2.75, 3.05) is 17.3 Å². The Morgan fingerprint density at radius 2 is 2.19 bits per heavy atom. The van der Waals surface area contributed by atoms with Gasteiger partial charge in [0.15, 0.2) is 0 Å². The number of aliphatic hydroxyl groups excluding tert-OH is 1. The minimum Gasteiger partial charge on any atom is -0.391 e. The van der Waals surface area contributed by atoms with E-state index >= 15 is 0 Å². The van der Waals surface area contributed by atoms with Gasteiger partial charge in [0.2, 0.25) is 0 Å². The van der Waals surface area contributed by atoms with Crippen LogP contribution in [0.5, 0.6) is 0 Å². The first kappa shape index (κ1) is 11.1. The molecular weight excluding hydrogens is 206 g/mol. The van der Waals surface area contributed by atoms with Gasteiger partial charge >= 0.3 is 0 Å². The summed E-state index contributed by atoms with van der Waals surface area (Å²) in [4.78, 5) is 8.28. The minimum absolute atomic E-state index is 0.287. The molecule has 0 amide bonds. The summed E-state index contributed by atoms with van der Waals surface area (Å²) in [6.07, 6.45) is 1.97. The van der Waals surface area contributed by atoms with Gasteiger partial charge in [0.05, 0.1) is 6.10 Å². The van der Waals surface area contributed by atoms with Crippen molar-refractivity contribution in [2.24, 2.45) is 11.8 Å². The Hall–Kier alpha value is -1.40. The molecule has 88 valence electrons. The number of hydrazine groups is 1. The van der Waals surface area contributed by atoms with Gasteiger partial charge in [-0.3, -0.25) is 0 Å². The number of aryl methyl sites for hydroxylation is 1. The van der Waals surface area contributed by atoms with E-state index in [0.29, 0.717) is 29.9 Å². The summed E-state index contributed by atoms with van der Waals surface area (Å²) >= 11 is 0. The normalized spacial score (nSPS) is 16.9. The van der Waals surface area contributed by atoms with Crippen molar-refractivity contribution >= 4 is 11.6 Å². The lowest BCUT2D eigenvalue weighted by atomic mass is 10.2. The summed E-state index contributed by atoms with van der Waals surface area (Å²) in [6.45, 7) is 2.31. The van der Waals surface area contributed by atoms with E-state index in [1.54, 1.807) is 13.0 Å². The zero-order valence-corrected chi connectivity index (χ0v) is 9.27. The molecule has 1 atom stereocenters. The molecule has 5 N–H and O–H groups in total. The monoisotopic (exact) mass is 223 g/mol. The van der Waals surface area contributed by atoms with Gasteiger partial charge in [0.25, 0.3) is 0 Å². The summed E-state index contributed by atoms with van der Waals surface area (Å²) in [5.41, 5.74) is 2.48. The van der Waals surface area contributed by atoms with Gasteiger partial charge in [-0.25, -0.2) is 15.8 Å². The van der Waals surface area contributed by atoms with Crippen molar-refractivity contribution in [3.8, 4) is 0 Å². The third-order valence-electron chi connectivity index (χ3n) is 2.64. The third kappa shape index (κ3) is 2.80. The van der Waals surface area contributed by atoms with Gasteiger partial charge in [-0.15, -0.1) is 0 Å². The highest BCUT2D eigenvalue weighted by Crippen LogP contribution is 2.32. The summed E-state index contributed by atoms with van der Waals surface area (Å²) in [5, 5.41) is 12.8. The van der Waals surface area contributed by atoms with E-state index in [2.05, 4.69) is 20.7 Å². The zero-order chi connectivity index (χ0) is 11.5. The maximum atomic E-state index is 9.70. The van der Waals surface area contributed by atoms with E-state index < -0.39 is 0 Å². The van der Waals surface area contributed by atoms with Crippen LogP contribution in [0.15, 0.2) is 6.07 Å². The smallest absolute Gasteiger partial charge is 0.145 e. The van der Waals surface area contributed by atoms with Gasteiger partial charge in [0.1, 0.15) is 17.5 Å². The van der Waals surface area contributed by atoms with Crippen LogP contribution in [0.3, 0.4) is 0 Å². The highest BCUT2D eigenvalue weighted by molar-refractivity contribution is 5.46. The van der Waals surface area contributed by atoms with Crippen molar-refractivity contribution in [2.45, 2.75) is 25.9 Å². The van der Waals surface area contributed by atoms with Gasteiger partial charge in [-0.05, 0) is 25.7 Å². The predicted molar refractivity (Wildman–Crippen MR) is 61.8 cm³/mol. The van der Waals surface area contributed by atoms with Gasteiger partial charge in [-0.2, -0.15) is 0 Å². The summed E-state index contributed by atoms with van der Waals surface area (Å²) in [7, 11) is 0. The molecule has 0 aromatic carbocycles. The lowest BCUT2D eigenvalue weighted by Gasteiger charge is -2.12. The number of nitrogens with zero attached hydrogens (tertiary/aromatic N) is 2. The van der Waals surface area contributed by atoms with Crippen molar-refractivity contribution < 1.29 is 5.11 Å². The Balaban J connectivity index is 1.94. The Morgan fingerprint density at radius 1 is 1.50 bits per heavy atom. The van der Waals surface area contributed by atoms with Gasteiger partial charge < -0.3 is 15.8 Å². The second-order valence-electron chi connectivity index (χ2n) is 4.12. The van der Waals surface area contributed by atoms with E-state index in [0.717, 1.165) is 12.8 Å². The molecule has 1 aromatic heterocycles. The number of aromatic nitrogens is 2. The summed E-state index contributed by atoms with van der Waals surface area (Å²) < 4.78 is 0. The molecule has 1 aliphatic rings. The summed E-state index contributed by atoms with van der Waals surface area (Å²) in [6, 6.07) is 1.71. The average molecular weight is 223 g/mol. The van der Waals surface area contributed by atoms with Crippen molar-refractivity contribution in [3.05, 3.63) is 11.9 Å². The second kappa shape index (κ2) is 4.63. The Kier molecular flexibility index (Phi) is 3.21. The predicted octanol–water partition coefficient (Wildman–Crippen LogP) is 0.253. The molecule has 0 radical (unpaired) electrons. The van der Waals surface area contributed by atoms with E-state index in [9.17, 15) is 5.11 Å². The maximum absolute atomic E-state index is 9.70. The molecule has 6 heteroatoms. The second-order valence-corrected chi connectivity index (χ2v) is 4.12. The summed E-state index contributed by atoms with van der Waals surface area (Å²) in [5.74, 6) is 7.63. The molecule has 1 aliphatic carbocycles. The molecule has 1 unspecified atom stereocenters. The number of nitrogens with one attached hydrogen (secondary N) is 2. The van der Waals surface area contributed by atoms with Crippen molar-refractivity contribution in [3.63, 3.8) is 0 Å². The van der Waals surface area contributed by atoms with Crippen LogP contribution in [0.1, 0.15) is 18.7 Å². The number of nitrogens with two attached hydrogens (primary N) is 1. The lowest BCUT2D eigenvalue weighted by Crippen LogP contribution is -2.22. The van der Waals surface area contributed by atoms with Crippen LogP contribution < -0.4 is 16.6 Å². The van der Waals surface area contributed by atoms with E-state index in [-0.39, 0.29) is 6.10 Å². The molecule has 0 bridgehead atoms. The fourth-order valence-corrected chi connectivity index (χ4v) is 1.59. The first-order valence-corrected chi connectivity index (χ1v) is 5.43. The number of hydrogen-bond acceptors (Lipinski definition) is 6. The van der Waals surface area contributed by atoms with Crippen LogP contribution in [-0.2, 0) is 0 Å². The fraction of sp³-hybridized carbons (Fsp3) is 0.600. The number of anilines is 2. The van der Waals surface area contributed by atoms with E-state index in [1.807, 2.05) is 0 Å². The minimum atomic E-state index is -0.287. The molecule has 1 heterocycles. The molecule has 0 saturated heterocycles. The Labute approximate surface area is 94.3 Å². The Bertz CT molecular complexity index is 366.